The number of nitrogens with one attached hydrogen (secondary N) is 2. The molecule has 0 bridgehead atoms. The first kappa shape index (κ1) is 12.4. The molecule has 0 aliphatic rings. The number of hydrogen-bond donors (Lipinski definition) is 2. The second-order valence-corrected chi connectivity index (χ2v) is 3.47. The Hall–Kier alpha value is -0.570. The molecule has 0 aromatic heterocycles. The van der Waals surface area contributed by atoms with Gasteiger partial charge in [-0.3, -0.25) is 4.79 Å². The van der Waals surface area contributed by atoms with E-state index in [4.69, 9.17) is 0 Å². The molecule has 0 rings (SSSR count). The van der Waals surface area contributed by atoms with Crippen molar-refractivity contribution in [2.75, 3.05) is 6.54 Å². The Morgan fingerprint density at radius 2 is 1.92 bits per heavy atom. The van der Waals surface area contributed by atoms with Crippen LogP contribution in [0.2, 0.25) is 0 Å². The first-order valence-electron chi connectivity index (χ1n) is 5.15. The summed E-state index contributed by atoms with van der Waals surface area (Å²) in [6.07, 6.45) is 2.26. The van der Waals surface area contributed by atoms with Gasteiger partial charge in [0.05, 0.1) is 6.04 Å². The van der Waals surface area contributed by atoms with Gasteiger partial charge in [0.15, 0.2) is 0 Å². The average molecular weight is 186 g/mol. The summed E-state index contributed by atoms with van der Waals surface area (Å²) < 4.78 is 0. The van der Waals surface area contributed by atoms with E-state index in [0.717, 1.165) is 12.8 Å². The van der Waals surface area contributed by atoms with E-state index in [0.29, 0.717) is 12.6 Å². The minimum Gasteiger partial charge on any atom is -0.355 e. The smallest absolute Gasteiger partial charge is 0.236 e. The summed E-state index contributed by atoms with van der Waals surface area (Å²) in [6, 6.07) is 0.337. The SMILES string of the molecule is CCCC(C)NC(C)C(=O)NCC. The van der Waals surface area contributed by atoms with Crippen molar-refractivity contribution in [3.8, 4) is 0 Å². The molecule has 0 saturated heterocycles. The highest BCUT2D eigenvalue weighted by molar-refractivity contribution is 5.81. The summed E-state index contributed by atoms with van der Waals surface area (Å²) in [6.45, 7) is 8.79. The Balaban J connectivity index is 3.71. The molecule has 0 radical (unpaired) electrons. The molecule has 78 valence electrons. The van der Waals surface area contributed by atoms with Gasteiger partial charge in [0.1, 0.15) is 0 Å². The van der Waals surface area contributed by atoms with Crippen molar-refractivity contribution in [3.63, 3.8) is 0 Å². The lowest BCUT2D eigenvalue weighted by molar-refractivity contribution is -0.122. The molecular formula is C10H22N2O. The average Bonchev–Trinajstić information content (AvgIpc) is 2.05. The van der Waals surface area contributed by atoms with Crippen LogP contribution in [-0.2, 0) is 4.79 Å². The molecule has 2 atom stereocenters. The zero-order valence-electron chi connectivity index (χ0n) is 9.18. The Kier molecular flexibility index (Phi) is 6.59. The lowest BCUT2D eigenvalue weighted by Crippen LogP contribution is -2.45. The molecule has 0 fully saturated rings. The highest BCUT2D eigenvalue weighted by Crippen LogP contribution is 1.96. The monoisotopic (exact) mass is 186 g/mol. The van der Waals surface area contributed by atoms with E-state index in [1.165, 1.54) is 0 Å². The van der Waals surface area contributed by atoms with Crippen molar-refractivity contribution in [2.24, 2.45) is 0 Å². The maximum absolute atomic E-state index is 11.3. The quantitative estimate of drug-likeness (QED) is 0.656. The second-order valence-electron chi connectivity index (χ2n) is 3.47. The first-order valence-corrected chi connectivity index (χ1v) is 5.15. The Morgan fingerprint density at radius 3 is 2.38 bits per heavy atom. The van der Waals surface area contributed by atoms with E-state index in [-0.39, 0.29) is 11.9 Å². The molecule has 0 aliphatic heterocycles. The minimum absolute atomic E-state index is 0.0819. The molecule has 1 amide bonds. The molecule has 2 N–H and O–H groups in total. The number of likely N-dealkylation sites (N-methyl/N-ethyl adjacent to an activating group) is 1. The molecule has 0 aromatic rings. The van der Waals surface area contributed by atoms with E-state index in [2.05, 4.69) is 24.5 Å². The van der Waals surface area contributed by atoms with Crippen molar-refractivity contribution >= 4 is 5.91 Å². The van der Waals surface area contributed by atoms with Crippen LogP contribution in [0.25, 0.3) is 0 Å². The minimum atomic E-state index is -0.0819. The number of rotatable bonds is 6. The number of carbonyl (C=O) groups excluding carboxylic acids is 1. The maximum Gasteiger partial charge on any atom is 0.236 e. The molecule has 2 unspecified atom stereocenters. The van der Waals surface area contributed by atoms with Gasteiger partial charge in [0.2, 0.25) is 5.91 Å². The topological polar surface area (TPSA) is 41.1 Å². The van der Waals surface area contributed by atoms with E-state index in [1.807, 2.05) is 13.8 Å². The van der Waals surface area contributed by atoms with Crippen LogP contribution < -0.4 is 10.6 Å². The number of carbonyl (C=O) groups is 1. The molecular weight excluding hydrogens is 164 g/mol. The third-order valence-corrected chi connectivity index (χ3v) is 2.00. The van der Waals surface area contributed by atoms with Crippen molar-refractivity contribution < 1.29 is 4.79 Å². The van der Waals surface area contributed by atoms with Crippen LogP contribution >= 0.6 is 0 Å². The largest absolute Gasteiger partial charge is 0.355 e. The van der Waals surface area contributed by atoms with E-state index in [1.54, 1.807) is 0 Å². The van der Waals surface area contributed by atoms with Crippen LogP contribution in [0.15, 0.2) is 0 Å². The number of amides is 1. The Morgan fingerprint density at radius 1 is 1.31 bits per heavy atom. The van der Waals surface area contributed by atoms with Gasteiger partial charge in [-0.25, -0.2) is 0 Å². The van der Waals surface area contributed by atoms with Crippen molar-refractivity contribution in [2.45, 2.75) is 52.6 Å². The molecule has 0 aromatic carbocycles. The van der Waals surface area contributed by atoms with Crippen LogP contribution in [-0.4, -0.2) is 24.5 Å². The van der Waals surface area contributed by atoms with Crippen LogP contribution in [0.4, 0.5) is 0 Å². The number of hydrogen-bond acceptors (Lipinski definition) is 2. The van der Waals surface area contributed by atoms with Crippen molar-refractivity contribution in [3.05, 3.63) is 0 Å². The van der Waals surface area contributed by atoms with E-state index < -0.39 is 0 Å². The molecule has 0 heterocycles. The molecule has 3 nitrogen and oxygen atoms in total. The van der Waals surface area contributed by atoms with E-state index >= 15 is 0 Å². The fourth-order valence-electron chi connectivity index (χ4n) is 1.35. The molecule has 0 saturated carbocycles. The molecule has 3 heteroatoms. The summed E-state index contributed by atoms with van der Waals surface area (Å²) >= 11 is 0. The van der Waals surface area contributed by atoms with Gasteiger partial charge in [0.25, 0.3) is 0 Å². The van der Waals surface area contributed by atoms with Crippen LogP contribution in [0.5, 0.6) is 0 Å². The predicted molar refractivity (Wildman–Crippen MR) is 55.7 cm³/mol. The normalized spacial score (nSPS) is 15.1. The molecule has 13 heavy (non-hydrogen) atoms. The predicted octanol–water partition coefficient (Wildman–Crippen LogP) is 1.29. The van der Waals surface area contributed by atoms with Gasteiger partial charge in [-0.15, -0.1) is 0 Å². The highest BCUT2D eigenvalue weighted by Gasteiger charge is 2.13. The third kappa shape index (κ3) is 5.64. The summed E-state index contributed by atoms with van der Waals surface area (Å²) in [5.41, 5.74) is 0. The zero-order valence-corrected chi connectivity index (χ0v) is 9.18. The first-order chi connectivity index (χ1) is 6.11. The second kappa shape index (κ2) is 6.89. The lowest BCUT2D eigenvalue weighted by atomic mass is 10.1. The standard InChI is InChI=1S/C10H22N2O/c1-5-7-8(3)12-9(4)10(13)11-6-2/h8-9,12H,5-7H2,1-4H3,(H,11,13). The van der Waals surface area contributed by atoms with Crippen LogP contribution in [0.3, 0.4) is 0 Å². The summed E-state index contributed by atoms with van der Waals surface area (Å²) in [5, 5.41) is 6.04. The summed E-state index contributed by atoms with van der Waals surface area (Å²) in [5.74, 6) is 0.0884. The lowest BCUT2D eigenvalue weighted by Gasteiger charge is -2.18. The molecule has 0 aliphatic carbocycles. The van der Waals surface area contributed by atoms with Gasteiger partial charge < -0.3 is 10.6 Å². The highest BCUT2D eigenvalue weighted by atomic mass is 16.2. The zero-order chi connectivity index (χ0) is 10.3. The Bertz CT molecular complexity index is 148. The maximum atomic E-state index is 11.3. The van der Waals surface area contributed by atoms with Crippen LogP contribution in [0.1, 0.15) is 40.5 Å². The fraction of sp³-hybridized carbons (Fsp3) is 0.900. The van der Waals surface area contributed by atoms with Gasteiger partial charge >= 0.3 is 0 Å². The van der Waals surface area contributed by atoms with Crippen molar-refractivity contribution in [1.82, 2.24) is 10.6 Å². The summed E-state index contributed by atoms with van der Waals surface area (Å²) in [7, 11) is 0. The van der Waals surface area contributed by atoms with Crippen LogP contribution in [0, 0.1) is 0 Å². The summed E-state index contributed by atoms with van der Waals surface area (Å²) in [4.78, 5) is 11.3. The van der Waals surface area contributed by atoms with Gasteiger partial charge in [-0.1, -0.05) is 13.3 Å². The third-order valence-electron chi connectivity index (χ3n) is 2.00. The fourth-order valence-corrected chi connectivity index (χ4v) is 1.35. The molecule has 0 spiro atoms. The van der Waals surface area contributed by atoms with E-state index in [9.17, 15) is 4.79 Å². The van der Waals surface area contributed by atoms with Crippen molar-refractivity contribution in [1.29, 1.82) is 0 Å². The Labute approximate surface area is 81.3 Å². The van der Waals surface area contributed by atoms with Gasteiger partial charge in [-0.05, 0) is 27.2 Å². The van der Waals surface area contributed by atoms with Gasteiger partial charge in [-0.2, -0.15) is 0 Å². The van der Waals surface area contributed by atoms with Gasteiger partial charge in [0, 0.05) is 12.6 Å².